The molecular weight excluding hydrogens is 263 g/mol. The molecule has 1 aliphatic carbocycles. The fourth-order valence-corrected chi connectivity index (χ4v) is 3.55. The number of hydrogen-bond donors (Lipinski definition) is 1. The van der Waals surface area contributed by atoms with E-state index in [1.807, 2.05) is 12.1 Å². The molecule has 21 heavy (non-hydrogen) atoms. The van der Waals surface area contributed by atoms with Crippen molar-refractivity contribution in [2.24, 2.45) is 11.8 Å². The van der Waals surface area contributed by atoms with Gasteiger partial charge in [0.25, 0.3) is 0 Å². The summed E-state index contributed by atoms with van der Waals surface area (Å²) in [4.78, 5) is 2.59. The van der Waals surface area contributed by atoms with Crippen molar-refractivity contribution in [3.05, 3.63) is 35.6 Å². The first kappa shape index (κ1) is 15.0. The van der Waals surface area contributed by atoms with Gasteiger partial charge >= 0.3 is 0 Å². The molecule has 0 bridgehead atoms. The molecule has 1 aromatic carbocycles. The van der Waals surface area contributed by atoms with E-state index >= 15 is 0 Å². The lowest BCUT2D eigenvalue weighted by Crippen LogP contribution is -2.58. The third kappa shape index (κ3) is 3.64. The van der Waals surface area contributed by atoms with Crippen LogP contribution in [0.5, 0.6) is 0 Å². The van der Waals surface area contributed by atoms with Crippen molar-refractivity contribution < 1.29 is 4.39 Å². The molecular formula is C18H27FN2. The monoisotopic (exact) mass is 290 g/mol. The molecule has 1 N–H and O–H groups in total. The van der Waals surface area contributed by atoms with Gasteiger partial charge < -0.3 is 5.32 Å². The summed E-state index contributed by atoms with van der Waals surface area (Å²) in [6, 6.07) is 8.28. The summed E-state index contributed by atoms with van der Waals surface area (Å²) in [5.74, 6) is 1.42. The first-order valence-corrected chi connectivity index (χ1v) is 8.39. The van der Waals surface area contributed by atoms with Gasteiger partial charge in [-0.15, -0.1) is 0 Å². The Morgan fingerprint density at radius 2 is 2.19 bits per heavy atom. The Balaban J connectivity index is 1.72. The molecule has 0 radical (unpaired) electrons. The van der Waals surface area contributed by atoms with Gasteiger partial charge in [0.1, 0.15) is 5.82 Å². The van der Waals surface area contributed by atoms with E-state index in [1.165, 1.54) is 25.3 Å². The van der Waals surface area contributed by atoms with Crippen molar-refractivity contribution in [3.63, 3.8) is 0 Å². The second-order valence-electron chi connectivity index (χ2n) is 6.86. The van der Waals surface area contributed by atoms with Gasteiger partial charge in [-0.25, -0.2) is 4.39 Å². The molecule has 3 heteroatoms. The Hall–Kier alpha value is -0.930. The molecule has 2 nitrogen and oxygen atoms in total. The van der Waals surface area contributed by atoms with Gasteiger partial charge in [0.2, 0.25) is 0 Å². The van der Waals surface area contributed by atoms with Gasteiger partial charge in [-0.05, 0) is 42.4 Å². The summed E-state index contributed by atoms with van der Waals surface area (Å²) in [5, 5.41) is 3.76. The lowest BCUT2D eigenvalue weighted by molar-refractivity contribution is 0.0786. The van der Waals surface area contributed by atoms with Gasteiger partial charge in [-0.2, -0.15) is 0 Å². The fourth-order valence-electron chi connectivity index (χ4n) is 3.55. The first-order valence-electron chi connectivity index (χ1n) is 8.39. The lowest BCUT2D eigenvalue weighted by Gasteiger charge is -2.43. The van der Waals surface area contributed by atoms with Crippen LogP contribution in [0.3, 0.4) is 0 Å². The van der Waals surface area contributed by atoms with E-state index < -0.39 is 0 Å². The standard InChI is InChI=1S/C18H27FN2/c1-3-13(2)18-10-20-17(15-7-8-15)12-21(18)11-14-5-4-6-16(19)9-14/h4-6,9,13,15,17-18,20H,3,7-8,10-12H2,1-2H3. The van der Waals surface area contributed by atoms with E-state index in [-0.39, 0.29) is 5.82 Å². The summed E-state index contributed by atoms with van der Waals surface area (Å²) in [5.41, 5.74) is 1.10. The molecule has 1 heterocycles. The third-order valence-corrected chi connectivity index (χ3v) is 5.26. The predicted molar refractivity (Wildman–Crippen MR) is 84.6 cm³/mol. The van der Waals surface area contributed by atoms with Crippen molar-refractivity contribution in [2.45, 2.75) is 51.7 Å². The Bertz CT molecular complexity index is 472. The van der Waals surface area contributed by atoms with E-state index in [0.717, 1.165) is 31.1 Å². The molecule has 3 atom stereocenters. The zero-order valence-corrected chi connectivity index (χ0v) is 13.2. The van der Waals surface area contributed by atoms with Crippen LogP contribution in [0.1, 0.15) is 38.7 Å². The Morgan fingerprint density at radius 3 is 2.86 bits per heavy atom. The molecule has 1 aliphatic heterocycles. The van der Waals surface area contributed by atoms with Crippen LogP contribution in [0.25, 0.3) is 0 Å². The fraction of sp³-hybridized carbons (Fsp3) is 0.667. The molecule has 3 unspecified atom stereocenters. The number of benzene rings is 1. The smallest absolute Gasteiger partial charge is 0.123 e. The minimum Gasteiger partial charge on any atom is -0.311 e. The highest BCUT2D eigenvalue weighted by Crippen LogP contribution is 2.35. The van der Waals surface area contributed by atoms with Crippen LogP contribution in [-0.2, 0) is 6.54 Å². The molecule has 2 aliphatic rings. The van der Waals surface area contributed by atoms with Crippen LogP contribution in [0.4, 0.5) is 4.39 Å². The zero-order chi connectivity index (χ0) is 14.8. The normalized spacial score (nSPS) is 28.5. The predicted octanol–water partition coefficient (Wildman–Crippen LogP) is 3.42. The molecule has 3 rings (SSSR count). The van der Waals surface area contributed by atoms with Crippen LogP contribution < -0.4 is 5.32 Å². The summed E-state index contributed by atoms with van der Waals surface area (Å²) >= 11 is 0. The Labute approximate surface area is 127 Å². The van der Waals surface area contributed by atoms with Crippen molar-refractivity contribution >= 4 is 0 Å². The molecule has 0 aromatic heterocycles. The number of rotatable bonds is 5. The summed E-state index contributed by atoms with van der Waals surface area (Å²) in [7, 11) is 0. The number of nitrogens with one attached hydrogen (secondary N) is 1. The summed E-state index contributed by atoms with van der Waals surface area (Å²) < 4.78 is 13.4. The van der Waals surface area contributed by atoms with E-state index in [4.69, 9.17) is 0 Å². The van der Waals surface area contributed by atoms with E-state index in [2.05, 4.69) is 24.1 Å². The molecule has 1 saturated carbocycles. The van der Waals surface area contributed by atoms with Gasteiger partial charge in [-0.1, -0.05) is 32.4 Å². The van der Waals surface area contributed by atoms with Crippen molar-refractivity contribution in [1.82, 2.24) is 10.2 Å². The average molecular weight is 290 g/mol. The highest BCUT2D eigenvalue weighted by molar-refractivity contribution is 5.16. The van der Waals surface area contributed by atoms with Crippen molar-refractivity contribution in [2.75, 3.05) is 13.1 Å². The van der Waals surface area contributed by atoms with E-state index in [9.17, 15) is 4.39 Å². The van der Waals surface area contributed by atoms with Gasteiger partial charge in [0, 0.05) is 31.7 Å². The number of nitrogens with zero attached hydrogens (tertiary/aromatic N) is 1. The molecule has 2 fully saturated rings. The van der Waals surface area contributed by atoms with Crippen LogP contribution in [0.15, 0.2) is 24.3 Å². The van der Waals surface area contributed by atoms with Crippen LogP contribution >= 0.6 is 0 Å². The lowest BCUT2D eigenvalue weighted by atomic mass is 9.93. The molecule has 0 spiro atoms. The topological polar surface area (TPSA) is 15.3 Å². The van der Waals surface area contributed by atoms with E-state index in [1.54, 1.807) is 6.07 Å². The Morgan fingerprint density at radius 1 is 1.38 bits per heavy atom. The highest BCUT2D eigenvalue weighted by Gasteiger charge is 2.38. The largest absolute Gasteiger partial charge is 0.311 e. The average Bonchev–Trinajstić information content (AvgIpc) is 3.31. The van der Waals surface area contributed by atoms with Crippen molar-refractivity contribution in [1.29, 1.82) is 0 Å². The Kier molecular flexibility index (Phi) is 4.60. The van der Waals surface area contributed by atoms with Gasteiger partial charge in [-0.3, -0.25) is 4.90 Å². The molecule has 116 valence electrons. The van der Waals surface area contributed by atoms with Gasteiger partial charge in [0.15, 0.2) is 0 Å². The highest BCUT2D eigenvalue weighted by atomic mass is 19.1. The maximum absolute atomic E-state index is 13.4. The third-order valence-electron chi connectivity index (χ3n) is 5.26. The van der Waals surface area contributed by atoms with Crippen LogP contribution in [0, 0.1) is 17.7 Å². The second kappa shape index (κ2) is 6.45. The van der Waals surface area contributed by atoms with Crippen molar-refractivity contribution in [3.8, 4) is 0 Å². The molecule has 0 amide bonds. The van der Waals surface area contributed by atoms with Gasteiger partial charge in [0.05, 0.1) is 0 Å². The maximum Gasteiger partial charge on any atom is 0.123 e. The summed E-state index contributed by atoms with van der Waals surface area (Å²) in [6.45, 7) is 7.65. The SMILES string of the molecule is CCC(C)C1CNC(C2CC2)CN1Cc1cccc(F)c1. The summed E-state index contributed by atoms with van der Waals surface area (Å²) in [6.07, 6.45) is 3.94. The molecule has 1 saturated heterocycles. The minimum absolute atomic E-state index is 0.124. The first-order chi connectivity index (χ1) is 10.2. The van der Waals surface area contributed by atoms with Crippen LogP contribution in [-0.4, -0.2) is 30.1 Å². The molecule has 1 aromatic rings. The van der Waals surface area contributed by atoms with E-state index in [0.29, 0.717) is 18.0 Å². The number of piperazine rings is 1. The quantitative estimate of drug-likeness (QED) is 0.894. The number of halogens is 1. The second-order valence-corrected chi connectivity index (χ2v) is 6.86. The van der Waals surface area contributed by atoms with Crippen LogP contribution in [0.2, 0.25) is 0 Å². The zero-order valence-electron chi connectivity index (χ0n) is 13.2. The minimum atomic E-state index is -0.124. The number of hydrogen-bond acceptors (Lipinski definition) is 2. The maximum atomic E-state index is 13.4.